The number of anilines is 1. The molecule has 0 spiro atoms. The molecular weight excluding hydrogens is 380 g/mol. The van der Waals surface area contributed by atoms with Crippen LogP contribution in [0.25, 0.3) is 0 Å². The maximum Gasteiger partial charge on any atom is 0.262 e. The van der Waals surface area contributed by atoms with Crippen molar-refractivity contribution in [2.75, 3.05) is 11.9 Å². The van der Waals surface area contributed by atoms with Gasteiger partial charge in [0.25, 0.3) is 11.8 Å². The van der Waals surface area contributed by atoms with E-state index in [-0.39, 0.29) is 17.9 Å². The van der Waals surface area contributed by atoms with Gasteiger partial charge in [0.05, 0.1) is 5.56 Å². The quantitative estimate of drug-likeness (QED) is 0.624. The molecule has 3 aromatic carbocycles. The van der Waals surface area contributed by atoms with Crippen molar-refractivity contribution >= 4 is 29.1 Å². The van der Waals surface area contributed by atoms with Gasteiger partial charge >= 0.3 is 0 Å². The zero-order chi connectivity index (χ0) is 19.9. The fourth-order valence-electron chi connectivity index (χ4n) is 2.42. The molecule has 3 rings (SSSR count). The molecule has 0 saturated heterocycles. The SMILES string of the molecule is NC(=O)c1cc(Cl)ccc1OCC(=O)Nc1cccc(Oc2ccccc2)c1. The van der Waals surface area contributed by atoms with Crippen LogP contribution >= 0.6 is 11.6 Å². The van der Waals surface area contributed by atoms with Crippen molar-refractivity contribution in [1.29, 1.82) is 0 Å². The van der Waals surface area contributed by atoms with Gasteiger partial charge < -0.3 is 20.5 Å². The molecule has 28 heavy (non-hydrogen) atoms. The van der Waals surface area contributed by atoms with Crippen LogP contribution in [-0.4, -0.2) is 18.4 Å². The van der Waals surface area contributed by atoms with E-state index in [1.54, 1.807) is 30.3 Å². The Morgan fingerprint density at radius 2 is 1.68 bits per heavy atom. The standard InChI is InChI=1S/C21H17ClN2O4/c22-14-9-10-19(18(11-14)21(23)26)27-13-20(25)24-15-5-4-8-17(12-15)28-16-6-2-1-3-7-16/h1-12H,13H2,(H2,23,26)(H,24,25). The normalized spacial score (nSPS) is 10.2. The molecular formula is C21H17ClN2O4. The number of ether oxygens (including phenoxy) is 2. The molecule has 6 nitrogen and oxygen atoms in total. The largest absolute Gasteiger partial charge is 0.483 e. The number of hydrogen-bond donors (Lipinski definition) is 2. The highest BCUT2D eigenvalue weighted by Crippen LogP contribution is 2.24. The van der Waals surface area contributed by atoms with Crippen LogP contribution < -0.4 is 20.5 Å². The molecule has 3 aromatic rings. The lowest BCUT2D eigenvalue weighted by atomic mass is 10.2. The van der Waals surface area contributed by atoms with Crippen molar-refractivity contribution in [2.24, 2.45) is 5.73 Å². The summed E-state index contributed by atoms with van der Waals surface area (Å²) in [4.78, 5) is 23.7. The monoisotopic (exact) mass is 396 g/mol. The molecule has 0 heterocycles. The number of amides is 2. The van der Waals surface area contributed by atoms with Crippen LogP contribution in [0.5, 0.6) is 17.2 Å². The lowest BCUT2D eigenvalue weighted by molar-refractivity contribution is -0.118. The van der Waals surface area contributed by atoms with E-state index in [1.807, 2.05) is 30.3 Å². The summed E-state index contributed by atoms with van der Waals surface area (Å²) in [6.07, 6.45) is 0. The minimum atomic E-state index is -0.691. The topological polar surface area (TPSA) is 90.7 Å². The van der Waals surface area contributed by atoms with Crippen LogP contribution in [0.15, 0.2) is 72.8 Å². The second-order valence-electron chi connectivity index (χ2n) is 5.78. The molecule has 0 unspecified atom stereocenters. The van der Waals surface area contributed by atoms with E-state index in [1.165, 1.54) is 12.1 Å². The van der Waals surface area contributed by atoms with Crippen LogP contribution in [-0.2, 0) is 4.79 Å². The summed E-state index contributed by atoms with van der Waals surface area (Å²) in [6.45, 7) is -0.300. The molecule has 0 atom stereocenters. The molecule has 0 aliphatic rings. The van der Waals surface area contributed by atoms with E-state index in [0.29, 0.717) is 22.2 Å². The van der Waals surface area contributed by atoms with Crippen molar-refractivity contribution in [1.82, 2.24) is 0 Å². The van der Waals surface area contributed by atoms with Crippen LogP contribution in [0, 0.1) is 0 Å². The smallest absolute Gasteiger partial charge is 0.262 e. The van der Waals surface area contributed by atoms with E-state index in [0.717, 1.165) is 0 Å². The predicted molar refractivity (Wildman–Crippen MR) is 107 cm³/mol. The highest BCUT2D eigenvalue weighted by atomic mass is 35.5. The van der Waals surface area contributed by atoms with E-state index >= 15 is 0 Å². The molecule has 0 saturated carbocycles. The number of hydrogen-bond acceptors (Lipinski definition) is 4. The second kappa shape index (κ2) is 8.92. The first-order valence-corrected chi connectivity index (χ1v) is 8.74. The Morgan fingerprint density at radius 3 is 2.43 bits per heavy atom. The first-order chi connectivity index (χ1) is 13.5. The molecule has 0 aliphatic carbocycles. The molecule has 7 heteroatoms. The summed E-state index contributed by atoms with van der Waals surface area (Å²) >= 11 is 5.85. The van der Waals surface area contributed by atoms with Gasteiger partial charge in [-0.2, -0.15) is 0 Å². The van der Waals surface area contributed by atoms with Gasteiger partial charge in [0.15, 0.2) is 6.61 Å². The van der Waals surface area contributed by atoms with Crippen molar-refractivity contribution in [2.45, 2.75) is 0 Å². The number of carbonyl (C=O) groups is 2. The summed E-state index contributed by atoms with van der Waals surface area (Å²) in [7, 11) is 0. The van der Waals surface area contributed by atoms with Gasteiger partial charge in [0.2, 0.25) is 0 Å². The Hall–Kier alpha value is -3.51. The lowest BCUT2D eigenvalue weighted by Crippen LogP contribution is -2.21. The van der Waals surface area contributed by atoms with Gasteiger partial charge in [-0.25, -0.2) is 0 Å². The average molecular weight is 397 g/mol. The van der Waals surface area contributed by atoms with Gasteiger partial charge in [-0.1, -0.05) is 35.9 Å². The highest BCUT2D eigenvalue weighted by molar-refractivity contribution is 6.31. The zero-order valence-corrected chi connectivity index (χ0v) is 15.5. The molecule has 2 amide bonds. The summed E-state index contributed by atoms with van der Waals surface area (Å²) in [5, 5.41) is 3.06. The van der Waals surface area contributed by atoms with Crippen LogP contribution in [0.4, 0.5) is 5.69 Å². The first-order valence-electron chi connectivity index (χ1n) is 8.36. The van der Waals surface area contributed by atoms with Gasteiger partial charge in [-0.15, -0.1) is 0 Å². The average Bonchev–Trinajstić information content (AvgIpc) is 2.68. The van der Waals surface area contributed by atoms with Gasteiger partial charge in [-0.3, -0.25) is 9.59 Å². The van der Waals surface area contributed by atoms with Crippen molar-refractivity contribution in [3.63, 3.8) is 0 Å². The molecule has 3 N–H and O–H groups in total. The van der Waals surface area contributed by atoms with E-state index in [9.17, 15) is 9.59 Å². The van der Waals surface area contributed by atoms with Crippen LogP contribution in [0.3, 0.4) is 0 Å². The van der Waals surface area contributed by atoms with E-state index in [4.69, 9.17) is 26.8 Å². The Bertz CT molecular complexity index is 993. The number of nitrogens with two attached hydrogens (primary N) is 1. The van der Waals surface area contributed by atoms with Crippen molar-refractivity contribution in [3.05, 3.63) is 83.4 Å². The zero-order valence-electron chi connectivity index (χ0n) is 14.7. The van der Waals surface area contributed by atoms with Gasteiger partial charge in [0, 0.05) is 16.8 Å². The van der Waals surface area contributed by atoms with Crippen molar-refractivity contribution < 1.29 is 19.1 Å². The Morgan fingerprint density at radius 1 is 0.929 bits per heavy atom. The Kier molecular flexibility index (Phi) is 6.14. The van der Waals surface area contributed by atoms with Gasteiger partial charge in [0.1, 0.15) is 17.2 Å². The van der Waals surface area contributed by atoms with Crippen LogP contribution in [0.1, 0.15) is 10.4 Å². The number of benzene rings is 3. The van der Waals surface area contributed by atoms with Crippen molar-refractivity contribution in [3.8, 4) is 17.2 Å². The van der Waals surface area contributed by atoms with E-state index in [2.05, 4.69) is 5.32 Å². The third-order valence-electron chi connectivity index (χ3n) is 3.66. The number of primary amides is 1. The summed E-state index contributed by atoms with van der Waals surface area (Å²) in [6, 6.07) is 20.7. The minimum absolute atomic E-state index is 0.110. The maximum absolute atomic E-state index is 12.2. The minimum Gasteiger partial charge on any atom is -0.483 e. The van der Waals surface area contributed by atoms with Crippen LogP contribution in [0.2, 0.25) is 5.02 Å². The number of nitrogens with one attached hydrogen (secondary N) is 1. The third kappa shape index (κ3) is 5.25. The highest BCUT2D eigenvalue weighted by Gasteiger charge is 2.12. The fourth-order valence-corrected chi connectivity index (χ4v) is 2.60. The maximum atomic E-state index is 12.2. The number of para-hydroxylation sites is 1. The molecule has 0 radical (unpaired) electrons. The lowest BCUT2D eigenvalue weighted by Gasteiger charge is -2.11. The van der Waals surface area contributed by atoms with Gasteiger partial charge in [-0.05, 0) is 42.5 Å². The summed E-state index contributed by atoms with van der Waals surface area (Å²) < 4.78 is 11.1. The predicted octanol–water partition coefficient (Wildman–Crippen LogP) is 4.25. The first kappa shape index (κ1) is 19.3. The molecule has 0 bridgehead atoms. The fraction of sp³-hybridized carbons (Fsp3) is 0.0476. The molecule has 0 fully saturated rings. The second-order valence-corrected chi connectivity index (χ2v) is 6.22. The van der Waals surface area contributed by atoms with E-state index < -0.39 is 11.8 Å². The molecule has 0 aliphatic heterocycles. The number of halogens is 1. The summed E-state index contributed by atoms with van der Waals surface area (Å²) in [5.41, 5.74) is 5.96. The number of rotatable bonds is 7. The third-order valence-corrected chi connectivity index (χ3v) is 3.90. The summed E-state index contributed by atoms with van der Waals surface area (Å²) in [5.74, 6) is 0.369. The number of carbonyl (C=O) groups excluding carboxylic acids is 2. The molecule has 142 valence electrons. The Labute approximate surface area is 166 Å². The Balaban J connectivity index is 1.61. The molecule has 0 aromatic heterocycles.